The number of benzene rings is 1. The molecule has 2 aromatic heterocycles. The lowest BCUT2D eigenvalue weighted by atomic mass is 10.0. The topological polar surface area (TPSA) is 51.9 Å². The Morgan fingerprint density at radius 1 is 1.15 bits per heavy atom. The van der Waals surface area contributed by atoms with Crippen LogP contribution >= 0.6 is 0 Å². The van der Waals surface area contributed by atoms with Crippen LogP contribution in [0.3, 0.4) is 0 Å². The van der Waals surface area contributed by atoms with Crippen molar-refractivity contribution in [2.45, 2.75) is 20.8 Å². The molecule has 0 saturated carbocycles. The third-order valence-electron chi connectivity index (χ3n) is 4.61. The normalized spacial score (nSPS) is 11.0. The zero-order valence-electron chi connectivity index (χ0n) is 16.4. The van der Waals surface area contributed by atoms with E-state index in [1.807, 2.05) is 49.9 Å². The molecule has 3 rings (SSSR count). The van der Waals surface area contributed by atoms with Crippen molar-refractivity contribution in [3.8, 4) is 22.6 Å². The van der Waals surface area contributed by atoms with Crippen LogP contribution in [-0.2, 0) is 0 Å². The first-order valence-electron chi connectivity index (χ1n) is 8.94. The molecule has 6 nitrogen and oxygen atoms in total. The number of anilines is 1. The number of aromatic nitrogens is 3. The minimum atomic E-state index is -0.421. The fourth-order valence-electron chi connectivity index (χ4n) is 3.31. The molecular weight excluding hydrogens is 347 g/mol. The van der Waals surface area contributed by atoms with Gasteiger partial charge in [-0.3, -0.25) is 0 Å². The first-order valence-corrected chi connectivity index (χ1v) is 8.94. The van der Waals surface area contributed by atoms with E-state index in [0.29, 0.717) is 18.8 Å². The molecule has 144 valence electrons. The Morgan fingerprint density at radius 3 is 2.56 bits per heavy atom. The Balaban J connectivity index is 2.27. The van der Waals surface area contributed by atoms with E-state index in [9.17, 15) is 4.39 Å². The predicted octanol–water partition coefficient (Wildman–Crippen LogP) is 3.83. The van der Waals surface area contributed by atoms with E-state index < -0.39 is 6.67 Å². The van der Waals surface area contributed by atoms with Gasteiger partial charge in [-0.25, -0.2) is 9.37 Å². The molecule has 1 aromatic carbocycles. The molecule has 0 bridgehead atoms. The Labute approximate surface area is 158 Å². The Bertz CT molecular complexity index is 955. The van der Waals surface area contributed by atoms with Crippen LogP contribution < -0.4 is 14.4 Å². The van der Waals surface area contributed by atoms with Gasteiger partial charge >= 0.3 is 0 Å². The summed E-state index contributed by atoms with van der Waals surface area (Å²) in [6.45, 7) is 6.46. The number of hydrogen-bond acceptors (Lipinski definition) is 5. The molecule has 0 N–H and O–H groups in total. The SMILES string of the molecule is CCN(CCF)c1cc(C)nc2c(-c3ccc(OC)cc3OC)c(C)nn12. The van der Waals surface area contributed by atoms with Gasteiger partial charge in [-0.05, 0) is 32.9 Å². The van der Waals surface area contributed by atoms with Crippen LogP contribution in [0.4, 0.5) is 10.2 Å². The second-order valence-corrected chi connectivity index (χ2v) is 6.29. The van der Waals surface area contributed by atoms with Crippen molar-refractivity contribution >= 4 is 11.5 Å². The van der Waals surface area contributed by atoms with E-state index in [4.69, 9.17) is 19.6 Å². The second kappa shape index (κ2) is 7.82. The van der Waals surface area contributed by atoms with Crippen LogP contribution in [0.2, 0.25) is 0 Å². The van der Waals surface area contributed by atoms with Crippen molar-refractivity contribution in [1.82, 2.24) is 14.6 Å². The molecule has 3 aromatic rings. The first-order chi connectivity index (χ1) is 13.0. The summed E-state index contributed by atoms with van der Waals surface area (Å²) in [5, 5.41) is 4.70. The average Bonchev–Trinajstić information content (AvgIpc) is 3.00. The number of methoxy groups -OCH3 is 2. The Morgan fingerprint density at radius 2 is 1.93 bits per heavy atom. The summed E-state index contributed by atoms with van der Waals surface area (Å²) in [5.74, 6) is 2.24. The van der Waals surface area contributed by atoms with E-state index in [1.165, 1.54) is 0 Å². The largest absolute Gasteiger partial charge is 0.497 e. The summed E-state index contributed by atoms with van der Waals surface area (Å²) in [4.78, 5) is 6.68. The molecule has 0 aliphatic carbocycles. The number of hydrogen-bond donors (Lipinski definition) is 0. The van der Waals surface area contributed by atoms with E-state index in [-0.39, 0.29) is 0 Å². The van der Waals surface area contributed by atoms with Gasteiger partial charge in [-0.15, -0.1) is 0 Å². The zero-order chi connectivity index (χ0) is 19.6. The number of fused-ring (bicyclic) bond motifs is 1. The molecule has 7 heteroatoms. The van der Waals surface area contributed by atoms with Crippen molar-refractivity contribution in [1.29, 1.82) is 0 Å². The molecule has 0 atom stereocenters. The van der Waals surface area contributed by atoms with E-state index in [0.717, 1.165) is 39.7 Å². The lowest BCUT2D eigenvalue weighted by molar-refractivity contribution is 0.395. The molecule has 0 saturated heterocycles. The zero-order valence-corrected chi connectivity index (χ0v) is 16.4. The van der Waals surface area contributed by atoms with Gasteiger partial charge in [0.1, 0.15) is 24.0 Å². The number of alkyl halides is 1. The summed E-state index contributed by atoms with van der Waals surface area (Å²) in [6.07, 6.45) is 0. The number of aryl methyl sites for hydroxylation is 2. The number of nitrogens with zero attached hydrogens (tertiary/aromatic N) is 4. The summed E-state index contributed by atoms with van der Waals surface area (Å²) < 4.78 is 25.7. The van der Waals surface area contributed by atoms with Crippen LogP contribution in [0.15, 0.2) is 24.3 Å². The highest BCUT2D eigenvalue weighted by atomic mass is 19.1. The molecule has 0 amide bonds. The lowest BCUT2D eigenvalue weighted by Gasteiger charge is -2.22. The molecule has 27 heavy (non-hydrogen) atoms. The third-order valence-corrected chi connectivity index (χ3v) is 4.61. The number of rotatable bonds is 7. The van der Waals surface area contributed by atoms with Crippen molar-refractivity contribution in [3.05, 3.63) is 35.7 Å². The molecule has 0 radical (unpaired) electrons. The standard InChI is InChI=1S/C20H25FN4O2/c1-6-24(10-9-21)18-11-13(2)22-20-19(14(3)23-25(18)20)16-8-7-15(26-4)12-17(16)27-5/h7-8,11-12H,6,9-10H2,1-5H3. The van der Waals surface area contributed by atoms with E-state index in [2.05, 4.69) is 0 Å². The maximum atomic E-state index is 13.0. The molecule has 0 spiro atoms. The summed E-state index contributed by atoms with van der Waals surface area (Å²) in [5.41, 5.74) is 4.19. The van der Waals surface area contributed by atoms with Crippen LogP contribution in [-0.4, -0.2) is 48.6 Å². The highest BCUT2D eigenvalue weighted by Crippen LogP contribution is 2.38. The third kappa shape index (κ3) is 3.41. The first kappa shape index (κ1) is 18.9. The van der Waals surface area contributed by atoms with Gasteiger partial charge in [-0.1, -0.05) is 0 Å². The Hall–Kier alpha value is -2.83. The van der Waals surface area contributed by atoms with Gasteiger partial charge in [0.25, 0.3) is 0 Å². The van der Waals surface area contributed by atoms with E-state index in [1.54, 1.807) is 18.7 Å². The predicted molar refractivity (Wildman–Crippen MR) is 105 cm³/mol. The van der Waals surface area contributed by atoms with Gasteiger partial charge < -0.3 is 14.4 Å². The van der Waals surface area contributed by atoms with Crippen LogP contribution in [0.25, 0.3) is 16.8 Å². The van der Waals surface area contributed by atoms with E-state index >= 15 is 0 Å². The van der Waals surface area contributed by atoms with Gasteiger partial charge in [0.2, 0.25) is 0 Å². The maximum absolute atomic E-state index is 13.0. The monoisotopic (exact) mass is 372 g/mol. The minimum absolute atomic E-state index is 0.315. The maximum Gasteiger partial charge on any atom is 0.165 e. The summed E-state index contributed by atoms with van der Waals surface area (Å²) >= 11 is 0. The average molecular weight is 372 g/mol. The molecule has 0 fully saturated rings. The lowest BCUT2D eigenvalue weighted by Crippen LogP contribution is -2.27. The molecular formula is C20H25FN4O2. The highest BCUT2D eigenvalue weighted by molar-refractivity contribution is 5.85. The van der Waals surface area contributed by atoms with Crippen molar-refractivity contribution in [3.63, 3.8) is 0 Å². The fourth-order valence-corrected chi connectivity index (χ4v) is 3.31. The summed E-state index contributed by atoms with van der Waals surface area (Å²) in [6, 6.07) is 7.62. The highest BCUT2D eigenvalue weighted by Gasteiger charge is 2.21. The molecule has 0 aliphatic heterocycles. The van der Waals surface area contributed by atoms with Gasteiger partial charge in [-0.2, -0.15) is 9.61 Å². The number of halogens is 1. The molecule has 2 heterocycles. The van der Waals surface area contributed by atoms with Gasteiger partial charge in [0.05, 0.1) is 25.5 Å². The van der Waals surface area contributed by atoms with Crippen molar-refractivity contribution in [2.75, 3.05) is 38.9 Å². The number of ether oxygens (including phenoxy) is 2. The van der Waals surface area contributed by atoms with Crippen LogP contribution in [0.5, 0.6) is 11.5 Å². The minimum Gasteiger partial charge on any atom is -0.497 e. The smallest absolute Gasteiger partial charge is 0.165 e. The van der Waals surface area contributed by atoms with Crippen molar-refractivity contribution in [2.24, 2.45) is 0 Å². The fraction of sp³-hybridized carbons (Fsp3) is 0.400. The molecule has 0 aliphatic rings. The quantitative estimate of drug-likeness (QED) is 0.631. The van der Waals surface area contributed by atoms with Gasteiger partial charge in [0, 0.05) is 36.5 Å². The van der Waals surface area contributed by atoms with Crippen LogP contribution in [0, 0.1) is 13.8 Å². The second-order valence-electron chi connectivity index (χ2n) is 6.29. The van der Waals surface area contributed by atoms with Crippen molar-refractivity contribution < 1.29 is 13.9 Å². The Kier molecular flexibility index (Phi) is 5.48. The van der Waals surface area contributed by atoms with Gasteiger partial charge in [0.15, 0.2) is 5.65 Å². The van der Waals surface area contributed by atoms with Crippen LogP contribution in [0.1, 0.15) is 18.3 Å². The molecule has 0 unspecified atom stereocenters. The summed E-state index contributed by atoms with van der Waals surface area (Å²) in [7, 11) is 3.25.